The fourth-order valence-corrected chi connectivity index (χ4v) is 3.34. The SMILES string of the molecule is CN1CCC(CN=C(N)N2CCN(c3ccc(F)cc3)CC2)C1. The molecule has 2 fully saturated rings. The van der Waals surface area contributed by atoms with Gasteiger partial charge in [0.2, 0.25) is 0 Å². The molecule has 1 unspecified atom stereocenters. The molecule has 0 amide bonds. The number of nitrogens with zero attached hydrogens (tertiary/aromatic N) is 4. The molecule has 5 nitrogen and oxygen atoms in total. The predicted molar refractivity (Wildman–Crippen MR) is 92.3 cm³/mol. The molecule has 2 aliphatic rings. The molecule has 1 atom stereocenters. The number of hydrogen-bond acceptors (Lipinski definition) is 3. The molecule has 1 aromatic rings. The first-order valence-electron chi connectivity index (χ1n) is 8.36. The average molecular weight is 319 g/mol. The van der Waals surface area contributed by atoms with Gasteiger partial charge in [-0.15, -0.1) is 0 Å². The lowest BCUT2D eigenvalue weighted by atomic mass is 10.1. The van der Waals surface area contributed by atoms with Gasteiger partial charge in [-0.3, -0.25) is 4.99 Å². The maximum Gasteiger partial charge on any atom is 0.191 e. The van der Waals surface area contributed by atoms with E-state index >= 15 is 0 Å². The van der Waals surface area contributed by atoms with Crippen LogP contribution < -0.4 is 10.6 Å². The number of hydrogen-bond donors (Lipinski definition) is 1. The topological polar surface area (TPSA) is 48.1 Å². The monoisotopic (exact) mass is 319 g/mol. The van der Waals surface area contributed by atoms with Gasteiger partial charge < -0.3 is 20.4 Å². The largest absolute Gasteiger partial charge is 0.370 e. The number of piperazine rings is 1. The van der Waals surface area contributed by atoms with Crippen LogP contribution in [-0.4, -0.2) is 68.6 Å². The van der Waals surface area contributed by atoms with Crippen molar-refractivity contribution in [2.75, 3.05) is 57.8 Å². The fraction of sp³-hybridized carbons (Fsp3) is 0.588. The van der Waals surface area contributed by atoms with Crippen molar-refractivity contribution in [2.45, 2.75) is 6.42 Å². The first kappa shape index (κ1) is 16.1. The van der Waals surface area contributed by atoms with E-state index < -0.39 is 0 Å². The molecule has 0 saturated carbocycles. The highest BCUT2D eigenvalue weighted by molar-refractivity contribution is 5.78. The van der Waals surface area contributed by atoms with Crippen molar-refractivity contribution in [3.05, 3.63) is 30.1 Å². The van der Waals surface area contributed by atoms with E-state index in [-0.39, 0.29) is 5.82 Å². The average Bonchev–Trinajstić information content (AvgIpc) is 2.99. The maximum atomic E-state index is 13.0. The van der Waals surface area contributed by atoms with Crippen LogP contribution in [-0.2, 0) is 0 Å². The number of halogens is 1. The molecular weight excluding hydrogens is 293 g/mol. The molecule has 2 N–H and O–H groups in total. The zero-order valence-electron chi connectivity index (χ0n) is 13.8. The van der Waals surface area contributed by atoms with Gasteiger partial charge in [-0.1, -0.05) is 0 Å². The Bertz CT molecular complexity index is 536. The van der Waals surface area contributed by atoms with Crippen LogP contribution in [0.4, 0.5) is 10.1 Å². The molecule has 0 aliphatic carbocycles. The van der Waals surface area contributed by atoms with Gasteiger partial charge >= 0.3 is 0 Å². The molecule has 0 spiro atoms. The lowest BCUT2D eigenvalue weighted by molar-refractivity contribution is 0.377. The summed E-state index contributed by atoms with van der Waals surface area (Å²) in [6, 6.07) is 6.68. The molecule has 2 saturated heterocycles. The van der Waals surface area contributed by atoms with Crippen LogP contribution in [0, 0.1) is 11.7 Å². The molecule has 0 radical (unpaired) electrons. The molecule has 2 aliphatic heterocycles. The van der Waals surface area contributed by atoms with Gasteiger partial charge in [-0.25, -0.2) is 4.39 Å². The Morgan fingerprint density at radius 2 is 1.87 bits per heavy atom. The minimum atomic E-state index is -0.193. The summed E-state index contributed by atoms with van der Waals surface area (Å²) in [5, 5.41) is 0. The van der Waals surface area contributed by atoms with E-state index in [1.807, 2.05) is 12.1 Å². The van der Waals surface area contributed by atoms with Crippen molar-refractivity contribution in [1.29, 1.82) is 0 Å². The summed E-state index contributed by atoms with van der Waals surface area (Å²) in [7, 11) is 2.15. The molecule has 126 valence electrons. The maximum absolute atomic E-state index is 13.0. The second-order valence-corrected chi connectivity index (χ2v) is 6.57. The normalized spacial score (nSPS) is 23.6. The first-order valence-corrected chi connectivity index (χ1v) is 8.36. The third-order valence-electron chi connectivity index (χ3n) is 4.80. The number of benzene rings is 1. The summed E-state index contributed by atoms with van der Waals surface area (Å²) < 4.78 is 13.0. The van der Waals surface area contributed by atoms with Crippen molar-refractivity contribution in [2.24, 2.45) is 16.6 Å². The van der Waals surface area contributed by atoms with Gasteiger partial charge in [-0.05, 0) is 50.2 Å². The quantitative estimate of drug-likeness (QED) is 0.672. The third kappa shape index (κ3) is 4.13. The zero-order valence-corrected chi connectivity index (χ0v) is 13.8. The summed E-state index contributed by atoms with van der Waals surface area (Å²) in [6.07, 6.45) is 1.21. The van der Waals surface area contributed by atoms with Gasteiger partial charge in [0.1, 0.15) is 5.82 Å². The number of aliphatic imine (C=N–C) groups is 1. The minimum Gasteiger partial charge on any atom is -0.370 e. The van der Waals surface area contributed by atoms with Crippen LogP contribution in [0.25, 0.3) is 0 Å². The summed E-state index contributed by atoms with van der Waals surface area (Å²) >= 11 is 0. The summed E-state index contributed by atoms with van der Waals surface area (Å²) in [4.78, 5) is 11.4. The molecule has 0 bridgehead atoms. The van der Waals surface area contributed by atoms with Crippen molar-refractivity contribution in [3.63, 3.8) is 0 Å². The third-order valence-corrected chi connectivity index (χ3v) is 4.80. The van der Waals surface area contributed by atoms with Crippen LogP contribution >= 0.6 is 0 Å². The summed E-state index contributed by atoms with van der Waals surface area (Å²) in [5.41, 5.74) is 7.22. The molecule has 23 heavy (non-hydrogen) atoms. The Kier molecular flexibility index (Phi) is 5.00. The minimum absolute atomic E-state index is 0.193. The summed E-state index contributed by atoms with van der Waals surface area (Å²) in [6.45, 7) is 6.59. The second kappa shape index (κ2) is 7.17. The molecular formula is C17H26FN5. The van der Waals surface area contributed by atoms with E-state index in [4.69, 9.17) is 5.73 Å². The second-order valence-electron chi connectivity index (χ2n) is 6.57. The van der Waals surface area contributed by atoms with Gasteiger partial charge in [-0.2, -0.15) is 0 Å². The molecule has 3 rings (SSSR count). The summed E-state index contributed by atoms with van der Waals surface area (Å²) in [5.74, 6) is 1.11. The smallest absolute Gasteiger partial charge is 0.191 e. The van der Waals surface area contributed by atoms with Crippen molar-refractivity contribution in [3.8, 4) is 0 Å². The molecule has 2 heterocycles. The van der Waals surface area contributed by atoms with Crippen LogP contribution in [0.3, 0.4) is 0 Å². The molecule has 6 heteroatoms. The number of rotatable bonds is 3. The van der Waals surface area contributed by atoms with E-state index in [9.17, 15) is 4.39 Å². The van der Waals surface area contributed by atoms with Crippen molar-refractivity contribution < 1.29 is 4.39 Å². The van der Waals surface area contributed by atoms with E-state index in [1.54, 1.807) is 0 Å². The van der Waals surface area contributed by atoms with Crippen LogP contribution in [0.5, 0.6) is 0 Å². The number of nitrogens with two attached hydrogens (primary N) is 1. The Hall–Kier alpha value is -1.82. The standard InChI is InChI=1S/C17H26FN5/c1-21-7-6-14(13-21)12-20-17(19)23-10-8-22(9-11-23)16-4-2-15(18)3-5-16/h2-5,14H,6-13H2,1H3,(H2,19,20). The van der Waals surface area contributed by atoms with E-state index in [0.717, 1.165) is 51.5 Å². The first-order chi connectivity index (χ1) is 11.1. The van der Waals surface area contributed by atoms with Crippen LogP contribution in [0.1, 0.15) is 6.42 Å². The van der Waals surface area contributed by atoms with Gasteiger partial charge in [0, 0.05) is 45.0 Å². The Balaban J connectivity index is 1.49. The van der Waals surface area contributed by atoms with Crippen LogP contribution in [0.2, 0.25) is 0 Å². The Labute approximate surface area is 137 Å². The molecule has 0 aromatic heterocycles. The lowest BCUT2D eigenvalue weighted by Gasteiger charge is -2.36. The number of anilines is 1. The Morgan fingerprint density at radius 1 is 1.17 bits per heavy atom. The van der Waals surface area contributed by atoms with Gasteiger partial charge in [0.15, 0.2) is 5.96 Å². The Morgan fingerprint density at radius 3 is 2.48 bits per heavy atom. The van der Waals surface area contributed by atoms with Crippen molar-refractivity contribution in [1.82, 2.24) is 9.80 Å². The molecule has 1 aromatic carbocycles. The van der Waals surface area contributed by atoms with Gasteiger partial charge in [0.25, 0.3) is 0 Å². The van der Waals surface area contributed by atoms with E-state index in [2.05, 4.69) is 26.7 Å². The highest BCUT2D eigenvalue weighted by atomic mass is 19.1. The predicted octanol–water partition coefficient (Wildman–Crippen LogP) is 1.21. The lowest BCUT2D eigenvalue weighted by Crippen LogP contribution is -2.51. The highest BCUT2D eigenvalue weighted by Gasteiger charge is 2.21. The van der Waals surface area contributed by atoms with E-state index in [0.29, 0.717) is 11.9 Å². The number of guanidine groups is 1. The van der Waals surface area contributed by atoms with Crippen LogP contribution in [0.15, 0.2) is 29.3 Å². The fourth-order valence-electron chi connectivity index (χ4n) is 3.34. The van der Waals surface area contributed by atoms with Gasteiger partial charge in [0.05, 0.1) is 0 Å². The number of likely N-dealkylation sites (tertiary alicyclic amines) is 1. The highest BCUT2D eigenvalue weighted by Crippen LogP contribution is 2.17. The zero-order chi connectivity index (χ0) is 16.2. The van der Waals surface area contributed by atoms with E-state index in [1.165, 1.54) is 18.6 Å². The van der Waals surface area contributed by atoms with Crippen molar-refractivity contribution >= 4 is 11.6 Å².